The maximum Gasteiger partial charge on any atom is 0.416 e. The molecule has 0 aliphatic rings. The summed E-state index contributed by atoms with van der Waals surface area (Å²) < 4.78 is 47.0. The van der Waals surface area contributed by atoms with E-state index in [4.69, 9.17) is 9.72 Å². The molecule has 0 spiro atoms. The number of alkyl halides is 3. The fourth-order valence-electron chi connectivity index (χ4n) is 5.37. The molecule has 9 nitrogen and oxygen atoms in total. The normalized spacial score (nSPS) is 12.4. The predicted molar refractivity (Wildman–Crippen MR) is 167 cm³/mol. The smallest absolute Gasteiger partial charge is 0.416 e. The standard InChI is InChI=1S/C34H29F3N6O3/c1-3-46-25-13-11-24(12-14-25)43-32(41-27-9-5-4-8-26(27)33(43)45)21(2)42(20-22-7-6-16-38-19-22)31(44)18-30-39-28-15-10-23(34(35,36)37)17-29(28)40-30/h4-17,19,21H,3,18,20H2,1-2H3,(H,39,40)/t21-/m1/s1. The van der Waals surface area contributed by atoms with E-state index < -0.39 is 17.8 Å². The summed E-state index contributed by atoms with van der Waals surface area (Å²) in [5.74, 6) is 0.791. The second-order valence-corrected chi connectivity index (χ2v) is 10.7. The summed E-state index contributed by atoms with van der Waals surface area (Å²) in [5.41, 5.74) is 1.11. The van der Waals surface area contributed by atoms with E-state index in [2.05, 4.69) is 15.0 Å². The van der Waals surface area contributed by atoms with Crippen molar-refractivity contribution < 1.29 is 22.7 Å². The van der Waals surface area contributed by atoms with Crippen molar-refractivity contribution in [2.24, 2.45) is 0 Å². The van der Waals surface area contributed by atoms with Gasteiger partial charge in [0, 0.05) is 18.9 Å². The van der Waals surface area contributed by atoms with Gasteiger partial charge in [0.25, 0.3) is 5.56 Å². The van der Waals surface area contributed by atoms with Crippen molar-refractivity contribution in [1.82, 2.24) is 29.4 Å². The van der Waals surface area contributed by atoms with Crippen molar-refractivity contribution in [3.8, 4) is 11.4 Å². The van der Waals surface area contributed by atoms with Crippen molar-refractivity contribution >= 4 is 27.8 Å². The minimum atomic E-state index is -4.52. The minimum Gasteiger partial charge on any atom is -0.494 e. The molecule has 0 aliphatic heterocycles. The third-order valence-electron chi connectivity index (χ3n) is 7.62. The second-order valence-electron chi connectivity index (χ2n) is 10.7. The van der Waals surface area contributed by atoms with Crippen LogP contribution in [0.1, 0.15) is 42.7 Å². The Bertz CT molecular complexity index is 2070. The summed E-state index contributed by atoms with van der Waals surface area (Å²) in [7, 11) is 0. The van der Waals surface area contributed by atoms with Gasteiger partial charge in [0.05, 0.1) is 52.3 Å². The lowest BCUT2D eigenvalue weighted by Gasteiger charge is -2.30. The Kier molecular flexibility index (Phi) is 8.27. The molecule has 1 atom stereocenters. The van der Waals surface area contributed by atoms with E-state index >= 15 is 0 Å². The second kappa shape index (κ2) is 12.5. The molecular weight excluding hydrogens is 597 g/mol. The van der Waals surface area contributed by atoms with Crippen LogP contribution in [0, 0.1) is 0 Å². The highest BCUT2D eigenvalue weighted by Crippen LogP contribution is 2.31. The number of aromatic amines is 1. The van der Waals surface area contributed by atoms with Crippen molar-refractivity contribution in [2.45, 2.75) is 39.0 Å². The van der Waals surface area contributed by atoms with Crippen molar-refractivity contribution in [3.63, 3.8) is 0 Å². The summed E-state index contributed by atoms with van der Waals surface area (Å²) >= 11 is 0. The van der Waals surface area contributed by atoms with E-state index in [1.807, 2.05) is 13.0 Å². The molecule has 1 amide bonds. The van der Waals surface area contributed by atoms with E-state index in [0.29, 0.717) is 40.3 Å². The Morgan fingerprint density at radius 3 is 2.50 bits per heavy atom. The third-order valence-corrected chi connectivity index (χ3v) is 7.62. The fraction of sp³-hybridized carbons (Fsp3) is 0.206. The van der Waals surface area contributed by atoms with Gasteiger partial charge in [0.2, 0.25) is 5.91 Å². The molecule has 3 aromatic carbocycles. The zero-order valence-corrected chi connectivity index (χ0v) is 25.0. The molecule has 0 fully saturated rings. The van der Waals surface area contributed by atoms with Gasteiger partial charge in [-0.05, 0) is 80.1 Å². The molecule has 6 aromatic rings. The highest BCUT2D eigenvalue weighted by molar-refractivity contribution is 5.82. The Balaban J connectivity index is 1.42. The number of carbonyl (C=O) groups excluding carboxylic acids is 1. The van der Waals surface area contributed by atoms with Crippen molar-refractivity contribution in [2.75, 3.05) is 6.61 Å². The highest BCUT2D eigenvalue weighted by atomic mass is 19.4. The molecule has 12 heteroatoms. The maximum absolute atomic E-state index is 14.1. The Morgan fingerprint density at radius 1 is 1.00 bits per heavy atom. The van der Waals surface area contributed by atoms with Gasteiger partial charge in [-0.1, -0.05) is 18.2 Å². The van der Waals surface area contributed by atoms with Crippen LogP contribution in [0.15, 0.2) is 96.1 Å². The number of fused-ring (bicyclic) bond motifs is 2. The molecule has 0 saturated heterocycles. The number of benzene rings is 3. The zero-order chi connectivity index (χ0) is 32.4. The first kappa shape index (κ1) is 30.5. The summed E-state index contributed by atoms with van der Waals surface area (Å²) in [6.45, 7) is 4.27. The van der Waals surface area contributed by atoms with E-state index in [1.54, 1.807) is 78.8 Å². The third kappa shape index (κ3) is 6.19. The van der Waals surface area contributed by atoms with Crippen LogP contribution >= 0.6 is 0 Å². The molecule has 0 saturated carbocycles. The van der Waals surface area contributed by atoms with Crippen LogP contribution in [0.25, 0.3) is 27.6 Å². The lowest BCUT2D eigenvalue weighted by molar-refractivity contribution is -0.137. The molecule has 3 aromatic heterocycles. The maximum atomic E-state index is 14.1. The quantitative estimate of drug-likeness (QED) is 0.199. The molecule has 0 unspecified atom stereocenters. The lowest BCUT2D eigenvalue weighted by Crippen LogP contribution is -2.38. The van der Waals surface area contributed by atoms with E-state index in [0.717, 1.165) is 17.7 Å². The first-order valence-corrected chi connectivity index (χ1v) is 14.6. The molecule has 3 heterocycles. The molecule has 234 valence electrons. The van der Waals surface area contributed by atoms with Crippen LogP contribution in [0.2, 0.25) is 0 Å². The van der Waals surface area contributed by atoms with Crippen LogP contribution in [-0.4, -0.2) is 41.9 Å². The number of imidazole rings is 1. The first-order valence-electron chi connectivity index (χ1n) is 14.6. The largest absolute Gasteiger partial charge is 0.494 e. The van der Waals surface area contributed by atoms with Gasteiger partial charge < -0.3 is 14.6 Å². The molecule has 0 radical (unpaired) electrons. The van der Waals surface area contributed by atoms with Crippen LogP contribution in [0.4, 0.5) is 13.2 Å². The molecule has 1 N–H and O–H groups in total. The zero-order valence-electron chi connectivity index (χ0n) is 25.0. The van der Waals surface area contributed by atoms with Gasteiger partial charge in [0.1, 0.15) is 17.4 Å². The Labute approximate surface area is 261 Å². The van der Waals surface area contributed by atoms with E-state index in [-0.39, 0.29) is 35.8 Å². The van der Waals surface area contributed by atoms with Crippen LogP contribution < -0.4 is 10.3 Å². The first-order chi connectivity index (χ1) is 22.1. The number of amides is 1. The number of rotatable bonds is 9. The Morgan fingerprint density at radius 2 is 1.78 bits per heavy atom. The average Bonchev–Trinajstić information content (AvgIpc) is 3.45. The van der Waals surface area contributed by atoms with Crippen LogP contribution in [0.5, 0.6) is 5.75 Å². The van der Waals surface area contributed by atoms with Crippen molar-refractivity contribution in [1.29, 1.82) is 0 Å². The molecule has 0 bridgehead atoms. The number of ether oxygens (including phenoxy) is 1. The Hall–Kier alpha value is -5.52. The average molecular weight is 627 g/mol. The number of carbonyl (C=O) groups is 1. The van der Waals surface area contributed by atoms with Gasteiger partial charge >= 0.3 is 6.18 Å². The number of halogens is 3. The highest BCUT2D eigenvalue weighted by Gasteiger charge is 2.31. The summed E-state index contributed by atoms with van der Waals surface area (Å²) in [6, 6.07) is 20.1. The van der Waals surface area contributed by atoms with E-state index in [9.17, 15) is 22.8 Å². The lowest BCUT2D eigenvalue weighted by atomic mass is 10.1. The number of hydrogen-bond donors (Lipinski definition) is 1. The number of H-pyrrole nitrogens is 1. The summed E-state index contributed by atoms with van der Waals surface area (Å²) in [4.78, 5) is 45.9. The topological polar surface area (TPSA) is 106 Å². The van der Waals surface area contributed by atoms with Crippen LogP contribution in [0.3, 0.4) is 0 Å². The number of pyridine rings is 1. The SMILES string of the molecule is CCOc1ccc(-n2c([C@@H](C)N(Cc3cccnc3)C(=O)Cc3nc4ccc(C(F)(F)F)cc4[nH]3)nc3ccccc3c2=O)cc1. The monoisotopic (exact) mass is 626 g/mol. The van der Waals surface area contributed by atoms with Gasteiger partial charge in [-0.3, -0.25) is 19.1 Å². The number of nitrogens with zero attached hydrogens (tertiary/aromatic N) is 5. The van der Waals surface area contributed by atoms with Gasteiger partial charge in [-0.15, -0.1) is 0 Å². The van der Waals surface area contributed by atoms with Gasteiger partial charge in [0.15, 0.2) is 0 Å². The number of nitrogens with one attached hydrogen (secondary N) is 1. The number of hydrogen-bond acceptors (Lipinski definition) is 6. The van der Waals surface area contributed by atoms with Crippen LogP contribution in [-0.2, 0) is 23.9 Å². The number of aromatic nitrogens is 5. The fourth-order valence-corrected chi connectivity index (χ4v) is 5.37. The van der Waals surface area contributed by atoms with Crippen molar-refractivity contribution in [3.05, 3.63) is 124 Å². The summed E-state index contributed by atoms with van der Waals surface area (Å²) in [6.07, 6.45) is -1.49. The van der Waals surface area contributed by atoms with Gasteiger partial charge in [-0.2, -0.15) is 13.2 Å². The summed E-state index contributed by atoms with van der Waals surface area (Å²) in [5, 5.41) is 0.415. The predicted octanol–water partition coefficient (Wildman–Crippen LogP) is 6.41. The molecule has 46 heavy (non-hydrogen) atoms. The van der Waals surface area contributed by atoms with Gasteiger partial charge in [-0.25, -0.2) is 9.97 Å². The van der Waals surface area contributed by atoms with E-state index in [1.165, 1.54) is 10.6 Å². The molecule has 6 rings (SSSR count). The number of para-hydroxylation sites is 1. The minimum absolute atomic E-state index is 0.123. The molecular formula is C34H29F3N6O3. The molecule has 0 aliphatic carbocycles.